The standard InChI is InChI=1S/C5H7BrN2O2S/c1-10-5(9)8-2-3(6)11-4(8)7/h2,4H,7H2,1H3. The Morgan fingerprint density at radius 1 is 2.00 bits per heavy atom. The smallest absolute Gasteiger partial charge is 0.415 e. The van der Waals surface area contributed by atoms with E-state index in [2.05, 4.69) is 20.7 Å². The van der Waals surface area contributed by atoms with Crippen molar-refractivity contribution in [3.05, 3.63) is 10.0 Å². The number of carbonyl (C=O) groups excluding carboxylic acids is 1. The van der Waals surface area contributed by atoms with Crippen LogP contribution in [0.25, 0.3) is 0 Å². The third-order valence-electron chi connectivity index (χ3n) is 1.13. The molecule has 0 bridgehead atoms. The van der Waals surface area contributed by atoms with E-state index in [0.717, 1.165) is 3.81 Å². The van der Waals surface area contributed by atoms with Gasteiger partial charge in [0.2, 0.25) is 0 Å². The highest BCUT2D eigenvalue weighted by atomic mass is 79.9. The summed E-state index contributed by atoms with van der Waals surface area (Å²) in [5.74, 6) is 0. The van der Waals surface area contributed by atoms with E-state index in [1.165, 1.54) is 23.8 Å². The summed E-state index contributed by atoms with van der Waals surface area (Å²) >= 11 is 4.56. The number of hydrogen-bond donors (Lipinski definition) is 1. The van der Waals surface area contributed by atoms with Crippen LogP contribution in [0.4, 0.5) is 4.79 Å². The van der Waals surface area contributed by atoms with Gasteiger partial charge in [-0.2, -0.15) is 0 Å². The first kappa shape index (κ1) is 8.89. The molecule has 1 unspecified atom stereocenters. The van der Waals surface area contributed by atoms with Gasteiger partial charge in [0.05, 0.1) is 10.9 Å². The fourth-order valence-electron chi connectivity index (χ4n) is 0.647. The molecule has 1 atom stereocenters. The maximum Gasteiger partial charge on any atom is 0.415 e. The van der Waals surface area contributed by atoms with E-state index >= 15 is 0 Å². The number of halogens is 1. The van der Waals surface area contributed by atoms with Gasteiger partial charge in [0, 0.05) is 6.20 Å². The first-order valence-corrected chi connectivity index (χ1v) is 4.48. The van der Waals surface area contributed by atoms with Crippen molar-refractivity contribution < 1.29 is 9.53 Å². The van der Waals surface area contributed by atoms with Crippen molar-refractivity contribution in [3.8, 4) is 0 Å². The van der Waals surface area contributed by atoms with E-state index in [4.69, 9.17) is 5.73 Å². The predicted molar refractivity (Wildman–Crippen MR) is 46.8 cm³/mol. The summed E-state index contributed by atoms with van der Waals surface area (Å²) in [7, 11) is 1.32. The third kappa shape index (κ3) is 1.88. The van der Waals surface area contributed by atoms with E-state index in [9.17, 15) is 4.79 Å². The topological polar surface area (TPSA) is 55.6 Å². The molecule has 1 amide bonds. The highest BCUT2D eigenvalue weighted by Crippen LogP contribution is 2.33. The highest BCUT2D eigenvalue weighted by Gasteiger charge is 2.26. The second kappa shape index (κ2) is 3.46. The Balaban J connectivity index is 2.65. The van der Waals surface area contributed by atoms with Gasteiger partial charge >= 0.3 is 6.09 Å². The van der Waals surface area contributed by atoms with E-state index < -0.39 is 6.09 Å². The lowest BCUT2D eigenvalue weighted by Gasteiger charge is -2.16. The zero-order valence-corrected chi connectivity index (χ0v) is 8.18. The maximum absolute atomic E-state index is 10.9. The molecule has 4 nitrogen and oxygen atoms in total. The average Bonchev–Trinajstić information content (AvgIpc) is 2.28. The molecular formula is C5H7BrN2O2S. The minimum absolute atomic E-state index is 0.378. The number of amides is 1. The summed E-state index contributed by atoms with van der Waals surface area (Å²) in [4.78, 5) is 12.2. The van der Waals surface area contributed by atoms with Crippen molar-refractivity contribution in [2.75, 3.05) is 7.11 Å². The number of hydrogen-bond acceptors (Lipinski definition) is 4. The number of rotatable bonds is 0. The Morgan fingerprint density at radius 3 is 3.00 bits per heavy atom. The molecule has 62 valence electrons. The Labute approximate surface area is 76.9 Å². The molecule has 0 aliphatic carbocycles. The van der Waals surface area contributed by atoms with Gasteiger partial charge in [-0.25, -0.2) is 4.79 Å². The molecular weight excluding hydrogens is 232 g/mol. The van der Waals surface area contributed by atoms with Crippen LogP contribution in [0.15, 0.2) is 10.0 Å². The van der Waals surface area contributed by atoms with Gasteiger partial charge in [-0.3, -0.25) is 4.90 Å². The van der Waals surface area contributed by atoms with Crippen LogP contribution in [0.1, 0.15) is 0 Å². The lowest BCUT2D eigenvalue weighted by molar-refractivity contribution is 0.138. The Bertz CT molecular complexity index is 209. The van der Waals surface area contributed by atoms with Crippen LogP contribution in [-0.2, 0) is 4.74 Å². The van der Waals surface area contributed by atoms with Gasteiger partial charge in [0.25, 0.3) is 0 Å². The number of nitrogens with two attached hydrogens (primary N) is 1. The monoisotopic (exact) mass is 238 g/mol. The summed E-state index contributed by atoms with van der Waals surface area (Å²) in [6.45, 7) is 0. The molecule has 0 spiro atoms. The quantitative estimate of drug-likeness (QED) is 0.690. The van der Waals surface area contributed by atoms with E-state index in [0.29, 0.717) is 0 Å². The molecule has 0 saturated heterocycles. The fourth-order valence-corrected chi connectivity index (χ4v) is 2.11. The second-order valence-corrected chi connectivity index (χ2v) is 4.36. The van der Waals surface area contributed by atoms with Gasteiger partial charge in [-0.1, -0.05) is 11.8 Å². The average molecular weight is 239 g/mol. The summed E-state index contributed by atoms with van der Waals surface area (Å²) in [5, 5.41) is 0. The summed E-state index contributed by atoms with van der Waals surface area (Å²) in [5.41, 5.74) is 5.17. The van der Waals surface area contributed by atoms with E-state index in [-0.39, 0.29) is 5.50 Å². The molecule has 1 heterocycles. The highest BCUT2D eigenvalue weighted by molar-refractivity contribution is 9.14. The number of carbonyl (C=O) groups is 1. The largest absolute Gasteiger partial charge is 0.452 e. The van der Waals surface area contributed by atoms with Gasteiger partial charge in [-0.05, 0) is 15.9 Å². The minimum Gasteiger partial charge on any atom is -0.452 e. The Morgan fingerprint density at radius 2 is 2.64 bits per heavy atom. The molecule has 6 heteroatoms. The van der Waals surface area contributed by atoms with Gasteiger partial charge < -0.3 is 10.5 Å². The van der Waals surface area contributed by atoms with Crippen LogP contribution in [0, 0.1) is 0 Å². The van der Waals surface area contributed by atoms with E-state index in [1.54, 1.807) is 6.20 Å². The number of ether oxygens (including phenoxy) is 1. The summed E-state index contributed by atoms with van der Waals surface area (Å²) in [6.07, 6.45) is 1.15. The predicted octanol–water partition coefficient (Wildman–Crippen LogP) is 1.24. The molecule has 0 aromatic heterocycles. The second-order valence-electron chi connectivity index (χ2n) is 1.82. The van der Waals surface area contributed by atoms with Gasteiger partial charge in [0.15, 0.2) is 0 Å². The lowest BCUT2D eigenvalue weighted by Crippen LogP contribution is -2.37. The van der Waals surface area contributed by atoms with Crippen molar-refractivity contribution in [2.24, 2.45) is 5.73 Å². The normalized spacial score (nSPS) is 23.4. The molecule has 1 rings (SSSR count). The van der Waals surface area contributed by atoms with Crippen LogP contribution >= 0.6 is 27.7 Å². The molecule has 11 heavy (non-hydrogen) atoms. The van der Waals surface area contributed by atoms with Gasteiger partial charge in [0.1, 0.15) is 5.50 Å². The summed E-state index contributed by atoms with van der Waals surface area (Å²) < 4.78 is 5.31. The fraction of sp³-hybridized carbons (Fsp3) is 0.400. The number of nitrogens with zero attached hydrogens (tertiary/aromatic N) is 1. The Hall–Kier alpha value is -0.200. The molecule has 0 fully saturated rings. The molecule has 0 saturated carbocycles. The van der Waals surface area contributed by atoms with Crippen molar-refractivity contribution >= 4 is 33.8 Å². The Kier molecular flexibility index (Phi) is 2.80. The number of thioether (sulfide) groups is 1. The van der Waals surface area contributed by atoms with Crippen LogP contribution in [0.2, 0.25) is 0 Å². The lowest BCUT2D eigenvalue weighted by atomic mass is 10.7. The zero-order chi connectivity index (χ0) is 8.43. The molecule has 0 aromatic rings. The van der Waals surface area contributed by atoms with Crippen molar-refractivity contribution in [2.45, 2.75) is 5.50 Å². The summed E-state index contributed by atoms with van der Waals surface area (Å²) in [6, 6.07) is 0. The van der Waals surface area contributed by atoms with Crippen molar-refractivity contribution in [1.29, 1.82) is 0 Å². The van der Waals surface area contributed by atoms with Crippen LogP contribution in [-0.4, -0.2) is 23.6 Å². The minimum atomic E-state index is -0.445. The van der Waals surface area contributed by atoms with Crippen LogP contribution < -0.4 is 5.73 Å². The third-order valence-corrected chi connectivity index (χ3v) is 2.70. The van der Waals surface area contributed by atoms with Crippen LogP contribution in [0.3, 0.4) is 0 Å². The van der Waals surface area contributed by atoms with Crippen molar-refractivity contribution in [3.63, 3.8) is 0 Å². The van der Waals surface area contributed by atoms with E-state index in [1.807, 2.05) is 0 Å². The molecule has 0 radical (unpaired) electrons. The molecule has 0 aromatic carbocycles. The first-order valence-electron chi connectivity index (χ1n) is 2.81. The van der Waals surface area contributed by atoms with Gasteiger partial charge in [-0.15, -0.1) is 0 Å². The molecule has 1 aliphatic rings. The molecule has 2 N–H and O–H groups in total. The maximum atomic E-state index is 10.9. The zero-order valence-electron chi connectivity index (χ0n) is 5.78. The first-order chi connectivity index (χ1) is 5.15. The van der Waals surface area contributed by atoms with Crippen LogP contribution in [0.5, 0.6) is 0 Å². The number of methoxy groups -OCH3 is 1. The van der Waals surface area contributed by atoms with Crippen molar-refractivity contribution in [1.82, 2.24) is 4.90 Å². The molecule has 1 aliphatic heterocycles. The SMILES string of the molecule is COC(=O)N1C=C(Br)SC1N.